The summed E-state index contributed by atoms with van der Waals surface area (Å²) in [7, 11) is 1.78. The first-order chi connectivity index (χ1) is 6.91. The lowest BCUT2D eigenvalue weighted by molar-refractivity contribution is 0.192. The topological polar surface area (TPSA) is 9.23 Å². The molecular weight excluding hydrogens is 240 g/mol. The number of hydrogen-bond donors (Lipinski definition) is 0. The Labute approximate surface area is 97.7 Å². The van der Waals surface area contributed by atoms with Gasteiger partial charge in [0.2, 0.25) is 0 Å². The molecule has 0 saturated heterocycles. The third-order valence-corrected chi connectivity index (χ3v) is 3.04. The van der Waals surface area contributed by atoms with Crippen molar-refractivity contribution in [1.82, 2.24) is 0 Å². The Bertz CT molecular complexity index is 84.3. The SMILES string of the molecule is COCCCCCCCCCCCBr. The Morgan fingerprint density at radius 3 is 1.57 bits per heavy atom. The molecule has 0 spiro atoms. The van der Waals surface area contributed by atoms with Gasteiger partial charge in [-0.1, -0.05) is 60.9 Å². The number of alkyl halides is 1. The minimum Gasteiger partial charge on any atom is -0.385 e. The lowest BCUT2D eigenvalue weighted by Crippen LogP contribution is -1.88. The van der Waals surface area contributed by atoms with Gasteiger partial charge in [0.1, 0.15) is 0 Å². The number of methoxy groups -OCH3 is 1. The van der Waals surface area contributed by atoms with Crippen LogP contribution < -0.4 is 0 Å². The van der Waals surface area contributed by atoms with Crippen LogP contribution in [0.1, 0.15) is 57.8 Å². The van der Waals surface area contributed by atoms with E-state index in [0.29, 0.717) is 0 Å². The van der Waals surface area contributed by atoms with E-state index in [0.717, 1.165) is 6.61 Å². The quantitative estimate of drug-likeness (QED) is 0.393. The van der Waals surface area contributed by atoms with Crippen molar-refractivity contribution < 1.29 is 4.74 Å². The predicted octanol–water partition coefficient (Wildman–Crippen LogP) is 4.54. The fourth-order valence-corrected chi connectivity index (χ4v) is 1.97. The maximum absolute atomic E-state index is 5.01. The molecule has 0 bridgehead atoms. The van der Waals surface area contributed by atoms with Crippen molar-refractivity contribution in [3.63, 3.8) is 0 Å². The highest BCUT2D eigenvalue weighted by Gasteiger charge is 1.91. The van der Waals surface area contributed by atoms with Gasteiger partial charge in [0, 0.05) is 19.0 Å². The van der Waals surface area contributed by atoms with Gasteiger partial charge in [-0.3, -0.25) is 0 Å². The summed E-state index contributed by atoms with van der Waals surface area (Å²) in [6.45, 7) is 0.936. The Morgan fingerprint density at radius 2 is 1.14 bits per heavy atom. The van der Waals surface area contributed by atoms with E-state index in [1.54, 1.807) is 7.11 Å². The Balaban J connectivity index is 2.78. The van der Waals surface area contributed by atoms with Gasteiger partial charge in [0.05, 0.1) is 0 Å². The molecule has 0 N–H and O–H groups in total. The number of rotatable bonds is 11. The summed E-state index contributed by atoms with van der Waals surface area (Å²) in [5.74, 6) is 0. The summed E-state index contributed by atoms with van der Waals surface area (Å²) < 4.78 is 5.01. The second-order valence-electron chi connectivity index (χ2n) is 3.86. The van der Waals surface area contributed by atoms with Crippen LogP contribution in [-0.4, -0.2) is 19.0 Å². The van der Waals surface area contributed by atoms with Gasteiger partial charge >= 0.3 is 0 Å². The zero-order valence-electron chi connectivity index (χ0n) is 9.56. The van der Waals surface area contributed by atoms with Gasteiger partial charge in [0.25, 0.3) is 0 Å². The molecule has 0 unspecified atom stereocenters. The highest BCUT2D eigenvalue weighted by atomic mass is 79.9. The molecule has 0 aromatic carbocycles. The normalized spacial score (nSPS) is 10.7. The van der Waals surface area contributed by atoms with Crippen LogP contribution in [0.5, 0.6) is 0 Å². The highest BCUT2D eigenvalue weighted by molar-refractivity contribution is 9.09. The van der Waals surface area contributed by atoms with Gasteiger partial charge in [-0.15, -0.1) is 0 Å². The highest BCUT2D eigenvalue weighted by Crippen LogP contribution is 2.10. The summed E-state index contributed by atoms with van der Waals surface area (Å²) in [5, 5.41) is 1.17. The minimum absolute atomic E-state index is 0.936. The number of unbranched alkanes of at least 4 members (excludes halogenated alkanes) is 8. The largest absolute Gasteiger partial charge is 0.385 e. The first kappa shape index (κ1) is 14.4. The zero-order valence-corrected chi connectivity index (χ0v) is 11.2. The Morgan fingerprint density at radius 1 is 0.714 bits per heavy atom. The maximum Gasteiger partial charge on any atom is 0.0462 e. The van der Waals surface area contributed by atoms with Gasteiger partial charge in [-0.05, 0) is 12.8 Å². The first-order valence-corrected chi connectivity index (χ1v) is 7.09. The fourth-order valence-electron chi connectivity index (χ4n) is 1.58. The zero-order chi connectivity index (χ0) is 10.5. The Kier molecular flexibility index (Phi) is 13.9. The summed E-state index contributed by atoms with van der Waals surface area (Å²) in [4.78, 5) is 0. The third kappa shape index (κ3) is 12.4. The second-order valence-corrected chi connectivity index (χ2v) is 4.66. The summed E-state index contributed by atoms with van der Waals surface area (Å²) in [5.41, 5.74) is 0. The maximum atomic E-state index is 5.01. The fraction of sp³-hybridized carbons (Fsp3) is 1.00. The number of hydrogen-bond acceptors (Lipinski definition) is 1. The molecule has 1 nitrogen and oxygen atoms in total. The van der Waals surface area contributed by atoms with E-state index >= 15 is 0 Å². The molecule has 0 rings (SSSR count). The van der Waals surface area contributed by atoms with Crippen LogP contribution >= 0.6 is 15.9 Å². The van der Waals surface area contributed by atoms with Gasteiger partial charge in [-0.2, -0.15) is 0 Å². The monoisotopic (exact) mass is 264 g/mol. The van der Waals surface area contributed by atoms with Crippen molar-refractivity contribution in [2.24, 2.45) is 0 Å². The number of ether oxygens (including phenoxy) is 1. The Hall–Kier alpha value is 0.440. The average Bonchev–Trinajstić information content (AvgIpc) is 2.21. The molecule has 0 aliphatic heterocycles. The molecule has 0 aromatic rings. The minimum atomic E-state index is 0.936. The third-order valence-electron chi connectivity index (χ3n) is 2.48. The van der Waals surface area contributed by atoms with Gasteiger partial charge in [-0.25, -0.2) is 0 Å². The summed E-state index contributed by atoms with van der Waals surface area (Å²) in [6.07, 6.45) is 12.4. The van der Waals surface area contributed by atoms with E-state index in [-0.39, 0.29) is 0 Å². The van der Waals surface area contributed by atoms with Crippen LogP contribution in [0.4, 0.5) is 0 Å². The molecule has 0 radical (unpaired) electrons. The molecule has 0 fully saturated rings. The lowest BCUT2D eigenvalue weighted by atomic mass is 10.1. The molecule has 0 aliphatic carbocycles. The van der Waals surface area contributed by atoms with Crippen molar-refractivity contribution in [2.75, 3.05) is 19.0 Å². The molecule has 2 heteroatoms. The molecule has 0 aromatic heterocycles. The van der Waals surface area contributed by atoms with Gasteiger partial charge in [0.15, 0.2) is 0 Å². The van der Waals surface area contributed by atoms with Crippen molar-refractivity contribution >= 4 is 15.9 Å². The van der Waals surface area contributed by atoms with E-state index in [1.807, 2.05) is 0 Å². The molecule has 14 heavy (non-hydrogen) atoms. The van der Waals surface area contributed by atoms with E-state index in [9.17, 15) is 0 Å². The van der Waals surface area contributed by atoms with E-state index in [4.69, 9.17) is 4.74 Å². The smallest absolute Gasteiger partial charge is 0.0462 e. The van der Waals surface area contributed by atoms with E-state index in [1.165, 1.54) is 63.1 Å². The number of halogens is 1. The van der Waals surface area contributed by atoms with Crippen molar-refractivity contribution in [1.29, 1.82) is 0 Å². The van der Waals surface area contributed by atoms with Crippen LogP contribution in [0.25, 0.3) is 0 Å². The van der Waals surface area contributed by atoms with Crippen LogP contribution in [0.15, 0.2) is 0 Å². The second kappa shape index (κ2) is 13.4. The van der Waals surface area contributed by atoms with E-state index < -0.39 is 0 Å². The molecule has 0 amide bonds. The predicted molar refractivity (Wildman–Crippen MR) is 67.2 cm³/mol. The molecule has 0 aliphatic rings. The first-order valence-electron chi connectivity index (χ1n) is 5.96. The molecule has 0 saturated carbocycles. The molecular formula is C12H25BrO. The van der Waals surface area contributed by atoms with Crippen molar-refractivity contribution in [3.8, 4) is 0 Å². The molecule has 86 valence electrons. The summed E-state index contributed by atoms with van der Waals surface area (Å²) >= 11 is 3.46. The van der Waals surface area contributed by atoms with Crippen molar-refractivity contribution in [2.45, 2.75) is 57.8 Å². The van der Waals surface area contributed by atoms with E-state index in [2.05, 4.69) is 15.9 Å². The van der Waals surface area contributed by atoms with Crippen LogP contribution in [0, 0.1) is 0 Å². The van der Waals surface area contributed by atoms with Crippen LogP contribution in [0.2, 0.25) is 0 Å². The average molecular weight is 265 g/mol. The van der Waals surface area contributed by atoms with Crippen molar-refractivity contribution in [3.05, 3.63) is 0 Å². The van der Waals surface area contributed by atoms with Gasteiger partial charge < -0.3 is 4.74 Å². The molecule has 0 heterocycles. The van der Waals surface area contributed by atoms with Crippen LogP contribution in [-0.2, 0) is 4.74 Å². The van der Waals surface area contributed by atoms with Crippen LogP contribution in [0.3, 0.4) is 0 Å². The summed E-state index contributed by atoms with van der Waals surface area (Å²) in [6, 6.07) is 0. The standard InChI is InChI=1S/C12H25BrO/c1-14-12-10-8-6-4-2-3-5-7-9-11-13/h2-12H2,1H3. The molecule has 0 atom stereocenters. The lowest BCUT2D eigenvalue weighted by Gasteiger charge is -2.01.